The van der Waals surface area contributed by atoms with Crippen molar-refractivity contribution in [3.63, 3.8) is 0 Å². The van der Waals surface area contributed by atoms with Crippen LogP contribution < -0.4 is 10.1 Å². The highest BCUT2D eigenvalue weighted by molar-refractivity contribution is 7.80. The first-order chi connectivity index (χ1) is 19.5. The zero-order valence-corrected chi connectivity index (χ0v) is 23.8. The molecule has 0 radical (unpaired) electrons. The van der Waals surface area contributed by atoms with Gasteiger partial charge in [-0.15, -0.1) is 10.2 Å². The van der Waals surface area contributed by atoms with Gasteiger partial charge in [-0.25, -0.2) is 4.79 Å². The van der Waals surface area contributed by atoms with Gasteiger partial charge in [0.05, 0.1) is 14.2 Å². The fourth-order valence-corrected chi connectivity index (χ4v) is 4.69. The predicted octanol–water partition coefficient (Wildman–Crippen LogP) is 4.80. The maximum absolute atomic E-state index is 12.7. The van der Waals surface area contributed by atoms with E-state index in [0.29, 0.717) is 23.9 Å². The van der Waals surface area contributed by atoms with Gasteiger partial charge in [0.15, 0.2) is 5.11 Å². The second-order valence-corrected chi connectivity index (χ2v) is 9.72. The molecule has 0 aliphatic carbocycles. The Hall–Kier alpha value is -4.31. The van der Waals surface area contributed by atoms with Crippen molar-refractivity contribution in [2.75, 3.05) is 20.8 Å². The number of nitrogens with one attached hydrogen (secondary N) is 2. The summed E-state index contributed by atoms with van der Waals surface area (Å²) < 4.78 is 10.3. The van der Waals surface area contributed by atoms with E-state index in [0.717, 1.165) is 53.0 Å². The van der Waals surface area contributed by atoms with Crippen LogP contribution >= 0.6 is 12.2 Å². The molecule has 0 aliphatic rings. The average Bonchev–Trinajstić information content (AvgIpc) is 3.54. The molecule has 9 nitrogen and oxygen atoms in total. The third-order valence-electron chi connectivity index (χ3n) is 6.60. The summed E-state index contributed by atoms with van der Waals surface area (Å²) in [6, 6.07) is 23.4. The number of hydrogen-bond donors (Lipinski definition) is 2. The van der Waals surface area contributed by atoms with Gasteiger partial charge in [0.2, 0.25) is 5.82 Å². The van der Waals surface area contributed by atoms with E-state index in [1.165, 1.54) is 7.11 Å². The van der Waals surface area contributed by atoms with Crippen LogP contribution in [0.2, 0.25) is 0 Å². The van der Waals surface area contributed by atoms with Crippen LogP contribution in [0.4, 0.5) is 0 Å². The van der Waals surface area contributed by atoms with Gasteiger partial charge in [-0.1, -0.05) is 74.0 Å². The van der Waals surface area contributed by atoms with E-state index in [2.05, 4.69) is 62.0 Å². The summed E-state index contributed by atoms with van der Waals surface area (Å²) >= 11 is 5.82. The normalized spacial score (nSPS) is 11.5. The molecule has 0 saturated carbocycles. The van der Waals surface area contributed by atoms with Crippen molar-refractivity contribution in [2.24, 2.45) is 0 Å². The van der Waals surface area contributed by atoms with Gasteiger partial charge in [0.1, 0.15) is 11.8 Å². The van der Waals surface area contributed by atoms with Crippen molar-refractivity contribution in [2.45, 2.75) is 38.8 Å². The predicted molar refractivity (Wildman–Crippen MR) is 159 cm³/mol. The molecule has 1 aromatic heterocycles. The molecule has 3 aromatic carbocycles. The van der Waals surface area contributed by atoms with Crippen LogP contribution in [0.5, 0.6) is 5.75 Å². The van der Waals surface area contributed by atoms with Crippen LogP contribution in [0.1, 0.15) is 30.9 Å². The number of benzene rings is 3. The van der Waals surface area contributed by atoms with Gasteiger partial charge in [-0.3, -0.25) is 0 Å². The smallest absolute Gasteiger partial charge is 0.328 e. The molecule has 2 N–H and O–H groups in total. The molecule has 1 unspecified atom stereocenters. The molecule has 0 aliphatic heterocycles. The molecule has 40 heavy (non-hydrogen) atoms. The Morgan fingerprint density at radius 1 is 1.00 bits per heavy atom. The fraction of sp³-hybridized carbons (Fsp3) is 0.300. The quantitative estimate of drug-likeness (QED) is 0.187. The molecule has 208 valence electrons. The minimum absolute atomic E-state index is 0.363. The van der Waals surface area contributed by atoms with Gasteiger partial charge in [0.25, 0.3) is 0 Å². The number of methoxy groups -OCH3 is 2. The number of rotatable bonds is 12. The molecule has 10 heteroatoms. The minimum Gasteiger partial charge on any atom is -0.497 e. The van der Waals surface area contributed by atoms with E-state index in [-0.39, 0.29) is 5.97 Å². The third-order valence-corrected chi connectivity index (χ3v) is 6.98. The molecular formula is C30H34N6O3S. The Balaban J connectivity index is 1.48. The SMILES string of the molecule is CCCCN(Cc1ccc(-c2ccccc2-c2nn[nH]n2)cc1)C(=S)NC(Cc1ccc(OC)cc1)C(=O)OC. The van der Waals surface area contributed by atoms with Crippen LogP contribution in [0, 0.1) is 0 Å². The molecule has 0 spiro atoms. The number of tetrazole rings is 1. The van der Waals surface area contributed by atoms with Crippen molar-refractivity contribution in [1.29, 1.82) is 0 Å². The van der Waals surface area contributed by atoms with Gasteiger partial charge < -0.3 is 19.7 Å². The van der Waals surface area contributed by atoms with E-state index in [1.54, 1.807) is 7.11 Å². The zero-order valence-electron chi connectivity index (χ0n) is 23.0. The van der Waals surface area contributed by atoms with Crippen molar-refractivity contribution in [3.05, 3.63) is 83.9 Å². The zero-order chi connectivity index (χ0) is 28.3. The third kappa shape index (κ3) is 7.41. The van der Waals surface area contributed by atoms with E-state index in [1.807, 2.05) is 48.5 Å². The summed E-state index contributed by atoms with van der Waals surface area (Å²) in [4.78, 5) is 14.8. The maximum Gasteiger partial charge on any atom is 0.328 e. The summed E-state index contributed by atoms with van der Waals surface area (Å²) in [5, 5.41) is 18.3. The van der Waals surface area contributed by atoms with Crippen molar-refractivity contribution in [3.8, 4) is 28.3 Å². The number of aromatic nitrogens is 4. The summed E-state index contributed by atoms with van der Waals surface area (Å²) in [5.74, 6) is 0.951. The molecule has 1 heterocycles. The van der Waals surface area contributed by atoms with Crippen LogP contribution in [0.3, 0.4) is 0 Å². The summed E-state index contributed by atoms with van der Waals surface area (Å²) in [5.41, 5.74) is 5.06. The lowest BCUT2D eigenvalue weighted by molar-refractivity contribution is -0.142. The molecule has 0 amide bonds. The first-order valence-corrected chi connectivity index (χ1v) is 13.6. The summed E-state index contributed by atoms with van der Waals surface area (Å²) in [7, 11) is 3.02. The van der Waals surface area contributed by atoms with Gasteiger partial charge in [0, 0.05) is 25.1 Å². The first-order valence-electron chi connectivity index (χ1n) is 13.2. The highest BCUT2D eigenvalue weighted by Crippen LogP contribution is 2.30. The fourth-order valence-electron chi connectivity index (χ4n) is 4.39. The molecule has 4 aromatic rings. The monoisotopic (exact) mass is 558 g/mol. The number of carbonyl (C=O) groups is 1. The first kappa shape index (κ1) is 28.7. The Bertz CT molecular complexity index is 1380. The minimum atomic E-state index is -0.612. The summed E-state index contributed by atoms with van der Waals surface area (Å²) in [6.07, 6.45) is 2.43. The number of hydrogen-bond acceptors (Lipinski definition) is 7. The number of carbonyl (C=O) groups excluding carboxylic acids is 1. The van der Waals surface area contributed by atoms with Gasteiger partial charge in [-0.2, -0.15) is 5.21 Å². The molecule has 0 fully saturated rings. The van der Waals surface area contributed by atoms with E-state index in [4.69, 9.17) is 21.7 Å². The van der Waals surface area contributed by atoms with Gasteiger partial charge in [-0.05, 0) is 58.2 Å². The van der Waals surface area contributed by atoms with E-state index < -0.39 is 6.04 Å². The lowest BCUT2D eigenvalue weighted by Gasteiger charge is -2.28. The number of unbranched alkanes of at least 4 members (excludes halogenated alkanes) is 1. The van der Waals surface area contributed by atoms with Crippen LogP contribution in [-0.2, 0) is 22.5 Å². The topological polar surface area (TPSA) is 105 Å². The van der Waals surface area contributed by atoms with Crippen LogP contribution in [0.15, 0.2) is 72.8 Å². The lowest BCUT2D eigenvalue weighted by atomic mass is 9.98. The maximum atomic E-state index is 12.7. The number of thiocarbonyl (C=S) groups is 1. The molecule has 1 atom stereocenters. The Labute approximate surface area is 239 Å². The highest BCUT2D eigenvalue weighted by atomic mass is 32.1. The highest BCUT2D eigenvalue weighted by Gasteiger charge is 2.23. The van der Waals surface area contributed by atoms with Crippen LogP contribution in [-0.4, -0.2) is 63.4 Å². The molecule has 0 saturated heterocycles. The number of ether oxygens (including phenoxy) is 2. The standard InChI is InChI=1S/C30H34N6O3S/c1-4-5-18-36(30(40)31-27(29(37)39-3)19-21-12-16-24(38-2)17-13-21)20-22-10-14-23(15-11-22)25-8-6-7-9-26(25)28-32-34-35-33-28/h6-17,27H,4-5,18-20H2,1-3H3,(H,31,40)(H,32,33,34,35). The van der Waals surface area contributed by atoms with Crippen molar-refractivity contribution in [1.82, 2.24) is 30.8 Å². The second kappa shape index (κ2) is 14.2. The number of H-pyrrole nitrogens is 1. The second-order valence-electron chi connectivity index (χ2n) is 9.33. The van der Waals surface area contributed by atoms with Gasteiger partial charge >= 0.3 is 5.97 Å². The largest absolute Gasteiger partial charge is 0.497 e. The van der Waals surface area contributed by atoms with E-state index >= 15 is 0 Å². The van der Waals surface area contributed by atoms with Crippen molar-refractivity contribution >= 4 is 23.3 Å². The Morgan fingerprint density at radius 2 is 1.70 bits per heavy atom. The Kier molecular flexibility index (Phi) is 10.2. The molecular weight excluding hydrogens is 524 g/mol. The number of nitrogens with zero attached hydrogens (tertiary/aromatic N) is 4. The molecule has 0 bridgehead atoms. The average molecular weight is 559 g/mol. The summed E-state index contributed by atoms with van der Waals surface area (Å²) in [6.45, 7) is 3.52. The van der Waals surface area contributed by atoms with Crippen LogP contribution in [0.25, 0.3) is 22.5 Å². The van der Waals surface area contributed by atoms with E-state index in [9.17, 15) is 4.79 Å². The molecule has 4 rings (SSSR count). The van der Waals surface area contributed by atoms with Crippen molar-refractivity contribution < 1.29 is 14.3 Å². The number of aromatic amines is 1. The lowest BCUT2D eigenvalue weighted by Crippen LogP contribution is -2.49. The Morgan fingerprint density at radius 3 is 2.33 bits per heavy atom. The number of esters is 1.